The van der Waals surface area contributed by atoms with Crippen molar-refractivity contribution in [3.63, 3.8) is 0 Å². The molecule has 0 bridgehead atoms. The first-order chi connectivity index (χ1) is 14.9. The fourth-order valence-corrected chi connectivity index (χ4v) is 4.86. The van der Waals surface area contributed by atoms with E-state index in [1.807, 2.05) is 0 Å². The van der Waals surface area contributed by atoms with Gasteiger partial charge < -0.3 is 0 Å². The molecule has 0 amide bonds. The summed E-state index contributed by atoms with van der Waals surface area (Å²) in [4.78, 5) is 5.07. The number of hydrogen-bond donors (Lipinski definition) is 0. The molecule has 5 aromatic carbocycles. The van der Waals surface area contributed by atoms with Gasteiger partial charge in [-0.05, 0) is 35.0 Å². The van der Waals surface area contributed by atoms with Gasteiger partial charge in [-0.3, -0.25) is 8.97 Å². The predicted octanol–water partition coefficient (Wildman–Crippen LogP) is 6.74. The highest BCUT2D eigenvalue weighted by Crippen LogP contribution is 2.39. The van der Waals surface area contributed by atoms with Crippen molar-refractivity contribution in [3.05, 3.63) is 103 Å². The van der Waals surface area contributed by atoms with Crippen molar-refractivity contribution < 1.29 is 0 Å². The third-order valence-electron chi connectivity index (χ3n) is 6.08. The van der Waals surface area contributed by atoms with E-state index in [2.05, 4.69) is 112 Å². The lowest BCUT2D eigenvalue weighted by molar-refractivity contribution is 1.11. The standard InChI is InChI=1S/C27H17N3/c1-2-10-18(11-3-1)29-25-21-14-6-4-12-19(21)20-13-5-7-15-22(20)26(25)30-24-17-9-8-16-23(24)28-27(29)30/h1-17H. The molecular weight excluding hydrogens is 366 g/mol. The van der Waals surface area contributed by atoms with Gasteiger partial charge in [-0.2, -0.15) is 0 Å². The summed E-state index contributed by atoms with van der Waals surface area (Å²) in [7, 11) is 0. The van der Waals surface area contributed by atoms with Crippen LogP contribution in [-0.2, 0) is 0 Å². The summed E-state index contributed by atoms with van der Waals surface area (Å²) in [6.07, 6.45) is 0. The molecule has 7 aromatic rings. The van der Waals surface area contributed by atoms with E-state index >= 15 is 0 Å². The van der Waals surface area contributed by atoms with Gasteiger partial charge in [0.1, 0.15) is 0 Å². The molecule has 0 aliphatic heterocycles. The van der Waals surface area contributed by atoms with E-state index in [0.29, 0.717) is 0 Å². The molecule has 140 valence electrons. The van der Waals surface area contributed by atoms with Crippen LogP contribution in [0.2, 0.25) is 0 Å². The van der Waals surface area contributed by atoms with Crippen LogP contribution in [0.25, 0.3) is 55.1 Å². The Kier molecular flexibility index (Phi) is 3.00. The highest BCUT2D eigenvalue weighted by Gasteiger charge is 2.21. The van der Waals surface area contributed by atoms with Crippen LogP contribution in [0.1, 0.15) is 0 Å². The van der Waals surface area contributed by atoms with Crippen LogP contribution in [0.5, 0.6) is 0 Å². The largest absolute Gasteiger partial charge is 0.277 e. The van der Waals surface area contributed by atoms with E-state index in [1.165, 1.54) is 32.6 Å². The van der Waals surface area contributed by atoms with Crippen molar-refractivity contribution in [2.45, 2.75) is 0 Å². The highest BCUT2D eigenvalue weighted by atomic mass is 15.2. The first-order valence-electron chi connectivity index (χ1n) is 10.2. The van der Waals surface area contributed by atoms with Crippen molar-refractivity contribution >= 4 is 49.4 Å². The molecule has 3 nitrogen and oxygen atoms in total. The zero-order chi connectivity index (χ0) is 19.7. The van der Waals surface area contributed by atoms with Crippen molar-refractivity contribution in [2.24, 2.45) is 0 Å². The summed E-state index contributed by atoms with van der Waals surface area (Å²) in [6.45, 7) is 0. The third kappa shape index (κ3) is 1.91. The van der Waals surface area contributed by atoms with E-state index in [1.54, 1.807) is 0 Å². The van der Waals surface area contributed by atoms with E-state index < -0.39 is 0 Å². The average Bonchev–Trinajstić information content (AvgIpc) is 3.34. The summed E-state index contributed by atoms with van der Waals surface area (Å²) in [5, 5.41) is 5.02. The van der Waals surface area contributed by atoms with E-state index in [9.17, 15) is 0 Å². The van der Waals surface area contributed by atoms with E-state index in [-0.39, 0.29) is 0 Å². The molecule has 7 rings (SSSR count). The Bertz CT molecular complexity index is 1740. The normalized spacial score (nSPS) is 12.0. The van der Waals surface area contributed by atoms with Gasteiger partial charge in [0.25, 0.3) is 0 Å². The van der Waals surface area contributed by atoms with Gasteiger partial charge in [-0.25, -0.2) is 4.98 Å². The lowest BCUT2D eigenvalue weighted by atomic mass is 9.99. The van der Waals surface area contributed by atoms with Crippen LogP contribution in [0.15, 0.2) is 103 Å². The van der Waals surface area contributed by atoms with E-state index in [4.69, 9.17) is 4.98 Å². The SMILES string of the molecule is c1ccc(-n2c3c4ccccc4c4ccccc4c3n3c4ccccc4nc23)cc1. The van der Waals surface area contributed by atoms with Crippen molar-refractivity contribution in [1.29, 1.82) is 0 Å². The number of imidazole rings is 2. The van der Waals surface area contributed by atoms with Gasteiger partial charge in [0.2, 0.25) is 5.78 Å². The fraction of sp³-hybridized carbons (Fsp3) is 0. The highest BCUT2D eigenvalue weighted by molar-refractivity contribution is 6.25. The summed E-state index contributed by atoms with van der Waals surface area (Å²) in [5.74, 6) is 0.943. The summed E-state index contributed by atoms with van der Waals surface area (Å²) in [5.41, 5.74) is 5.66. The molecular formula is C27H17N3. The predicted molar refractivity (Wildman–Crippen MR) is 125 cm³/mol. The minimum atomic E-state index is 0.943. The van der Waals surface area contributed by atoms with Crippen LogP contribution < -0.4 is 0 Å². The Morgan fingerprint density at radius 1 is 0.500 bits per heavy atom. The minimum Gasteiger partial charge on any atom is -0.277 e. The quantitative estimate of drug-likeness (QED) is 0.288. The second-order valence-corrected chi connectivity index (χ2v) is 7.70. The van der Waals surface area contributed by atoms with Gasteiger partial charge >= 0.3 is 0 Å². The molecule has 0 fully saturated rings. The Hall–Kier alpha value is -4.11. The lowest BCUT2D eigenvalue weighted by Gasteiger charge is -2.10. The van der Waals surface area contributed by atoms with Crippen LogP contribution in [-0.4, -0.2) is 14.0 Å². The number of rotatable bonds is 1. The topological polar surface area (TPSA) is 22.2 Å². The maximum absolute atomic E-state index is 5.07. The number of aromatic nitrogens is 3. The molecule has 0 N–H and O–H groups in total. The maximum Gasteiger partial charge on any atom is 0.220 e. The lowest BCUT2D eigenvalue weighted by Crippen LogP contribution is -1.95. The van der Waals surface area contributed by atoms with Crippen molar-refractivity contribution in [3.8, 4) is 5.69 Å². The molecule has 0 aliphatic carbocycles. The van der Waals surface area contributed by atoms with Crippen molar-refractivity contribution in [2.75, 3.05) is 0 Å². The zero-order valence-electron chi connectivity index (χ0n) is 16.2. The Balaban J connectivity index is 1.90. The molecule has 0 aliphatic rings. The molecule has 2 aromatic heterocycles. The van der Waals surface area contributed by atoms with Crippen molar-refractivity contribution in [1.82, 2.24) is 14.0 Å². The van der Waals surface area contributed by atoms with Crippen LogP contribution in [0.4, 0.5) is 0 Å². The van der Waals surface area contributed by atoms with Crippen LogP contribution in [0, 0.1) is 0 Å². The Morgan fingerprint density at radius 2 is 1.07 bits per heavy atom. The minimum absolute atomic E-state index is 0.943. The second-order valence-electron chi connectivity index (χ2n) is 7.70. The summed E-state index contributed by atoms with van der Waals surface area (Å²) < 4.78 is 4.64. The van der Waals surface area contributed by atoms with Gasteiger partial charge in [0.15, 0.2) is 0 Å². The molecule has 0 saturated carbocycles. The number of hydrogen-bond acceptors (Lipinski definition) is 1. The van der Waals surface area contributed by atoms with Gasteiger partial charge in [-0.1, -0.05) is 78.9 Å². The summed E-state index contributed by atoms with van der Waals surface area (Å²) in [6, 6.07) is 36.3. The third-order valence-corrected chi connectivity index (χ3v) is 6.08. The smallest absolute Gasteiger partial charge is 0.220 e. The van der Waals surface area contributed by atoms with Gasteiger partial charge in [-0.15, -0.1) is 0 Å². The maximum atomic E-state index is 5.07. The Morgan fingerprint density at radius 3 is 1.80 bits per heavy atom. The molecule has 2 heterocycles. The summed E-state index contributed by atoms with van der Waals surface area (Å²) >= 11 is 0. The zero-order valence-corrected chi connectivity index (χ0v) is 16.2. The van der Waals surface area contributed by atoms with Crippen LogP contribution in [0.3, 0.4) is 0 Å². The second kappa shape index (κ2) is 5.71. The first kappa shape index (κ1) is 15.8. The number of fused-ring (bicyclic) bond motifs is 10. The van der Waals surface area contributed by atoms with E-state index in [0.717, 1.165) is 22.5 Å². The van der Waals surface area contributed by atoms with Crippen LogP contribution >= 0.6 is 0 Å². The first-order valence-corrected chi connectivity index (χ1v) is 10.2. The Labute approximate surface area is 172 Å². The molecule has 0 saturated heterocycles. The fourth-order valence-electron chi connectivity index (χ4n) is 4.86. The molecule has 0 atom stereocenters. The molecule has 0 radical (unpaired) electrons. The number of benzene rings is 5. The number of nitrogens with zero attached hydrogens (tertiary/aromatic N) is 3. The monoisotopic (exact) mass is 383 g/mol. The van der Waals surface area contributed by atoms with Gasteiger partial charge in [0.05, 0.1) is 22.1 Å². The average molecular weight is 383 g/mol. The molecule has 0 unspecified atom stereocenters. The molecule has 3 heteroatoms. The molecule has 30 heavy (non-hydrogen) atoms. The van der Waals surface area contributed by atoms with Gasteiger partial charge in [0, 0.05) is 16.5 Å². The molecule has 0 spiro atoms. The number of para-hydroxylation sites is 3.